The third-order valence-electron chi connectivity index (χ3n) is 5.16. The molecule has 4 rings (SSSR count). The van der Waals surface area contributed by atoms with Gasteiger partial charge in [-0.2, -0.15) is 0 Å². The molecule has 0 amide bonds. The molecule has 27 heavy (non-hydrogen) atoms. The van der Waals surface area contributed by atoms with Crippen molar-refractivity contribution >= 4 is 22.3 Å². The van der Waals surface area contributed by atoms with Gasteiger partial charge in [0.2, 0.25) is 0 Å². The van der Waals surface area contributed by atoms with E-state index < -0.39 is 4.92 Å². The molecule has 2 aromatic carbocycles. The van der Waals surface area contributed by atoms with Gasteiger partial charge in [0.15, 0.2) is 0 Å². The maximum absolute atomic E-state index is 11.2. The zero-order chi connectivity index (χ0) is 18.8. The van der Waals surface area contributed by atoms with Gasteiger partial charge in [-0.25, -0.2) is 0 Å². The summed E-state index contributed by atoms with van der Waals surface area (Å²) >= 11 is 0. The Labute approximate surface area is 156 Å². The molecule has 1 unspecified atom stereocenters. The Hall–Kier alpha value is -2.90. The number of nitro benzene ring substituents is 1. The van der Waals surface area contributed by atoms with Crippen molar-refractivity contribution in [2.24, 2.45) is 0 Å². The summed E-state index contributed by atoms with van der Waals surface area (Å²) in [4.78, 5) is 16.4. The van der Waals surface area contributed by atoms with Gasteiger partial charge in [-0.3, -0.25) is 15.0 Å². The molecule has 0 saturated carbocycles. The number of hydrogen-bond acceptors (Lipinski definition) is 5. The molecule has 1 saturated heterocycles. The fourth-order valence-electron chi connectivity index (χ4n) is 3.79. The van der Waals surface area contributed by atoms with Gasteiger partial charge in [-0.05, 0) is 30.2 Å². The first-order valence-electron chi connectivity index (χ1n) is 9.06. The van der Waals surface area contributed by atoms with Crippen molar-refractivity contribution in [2.45, 2.75) is 25.6 Å². The SMILES string of the molecule is O=[N+]([O-])c1cc(NC2CCN(Cc3c[nH]c4ccccc34)C2)ccc1CO. The second-order valence-corrected chi connectivity index (χ2v) is 6.98. The van der Waals surface area contributed by atoms with E-state index in [2.05, 4.69) is 39.6 Å². The van der Waals surface area contributed by atoms with Crippen LogP contribution in [0.3, 0.4) is 0 Å². The van der Waals surface area contributed by atoms with Gasteiger partial charge in [-0.1, -0.05) is 18.2 Å². The number of aliphatic hydroxyl groups excluding tert-OH is 1. The number of para-hydroxylation sites is 1. The highest BCUT2D eigenvalue weighted by molar-refractivity contribution is 5.82. The third-order valence-corrected chi connectivity index (χ3v) is 5.16. The number of nitrogens with one attached hydrogen (secondary N) is 2. The first-order chi connectivity index (χ1) is 13.1. The third kappa shape index (κ3) is 3.65. The largest absolute Gasteiger partial charge is 0.391 e. The molecule has 140 valence electrons. The van der Waals surface area contributed by atoms with Crippen LogP contribution in [-0.2, 0) is 13.2 Å². The highest BCUT2D eigenvalue weighted by Gasteiger charge is 2.24. The Morgan fingerprint density at radius 1 is 1.26 bits per heavy atom. The number of hydrogen-bond donors (Lipinski definition) is 3. The van der Waals surface area contributed by atoms with Gasteiger partial charge in [0, 0.05) is 54.5 Å². The Morgan fingerprint density at radius 2 is 2.11 bits per heavy atom. The number of rotatable bonds is 6. The summed E-state index contributed by atoms with van der Waals surface area (Å²) in [5, 5.41) is 25.1. The number of nitro groups is 1. The van der Waals surface area contributed by atoms with Gasteiger partial charge < -0.3 is 15.4 Å². The molecule has 1 aliphatic heterocycles. The second-order valence-electron chi connectivity index (χ2n) is 6.98. The van der Waals surface area contributed by atoms with Crippen molar-refractivity contribution in [2.75, 3.05) is 18.4 Å². The molecule has 1 aliphatic rings. The van der Waals surface area contributed by atoms with Crippen LogP contribution in [-0.4, -0.2) is 39.0 Å². The quantitative estimate of drug-likeness (QED) is 0.460. The van der Waals surface area contributed by atoms with Crippen LogP contribution in [0.4, 0.5) is 11.4 Å². The first kappa shape index (κ1) is 17.5. The van der Waals surface area contributed by atoms with E-state index in [1.54, 1.807) is 12.1 Å². The van der Waals surface area contributed by atoms with Crippen molar-refractivity contribution in [3.05, 3.63) is 69.9 Å². The van der Waals surface area contributed by atoms with Gasteiger partial charge >= 0.3 is 0 Å². The van der Waals surface area contributed by atoms with Crippen molar-refractivity contribution in [3.63, 3.8) is 0 Å². The molecule has 1 aromatic heterocycles. The molecule has 2 heterocycles. The minimum atomic E-state index is -0.450. The summed E-state index contributed by atoms with van der Waals surface area (Å²) in [6, 6.07) is 13.4. The molecule has 1 atom stereocenters. The average molecular weight is 366 g/mol. The van der Waals surface area contributed by atoms with E-state index >= 15 is 0 Å². The van der Waals surface area contributed by atoms with E-state index in [0.717, 1.165) is 37.3 Å². The summed E-state index contributed by atoms with van der Waals surface area (Å²) in [6.07, 6.45) is 3.06. The molecule has 7 heteroatoms. The molecule has 1 fully saturated rings. The molecule has 0 spiro atoms. The van der Waals surface area contributed by atoms with Gasteiger partial charge in [-0.15, -0.1) is 0 Å². The van der Waals surface area contributed by atoms with Crippen LogP contribution in [0.25, 0.3) is 10.9 Å². The Bertz CT molecular complexity index is 969. The lowest BCUT2D eigenvalue weighted by molar-refractivity contribution is -0.385. The summed E-state index contributed by atoms with van der Waals surface area (Å²) in [5.41, 5.74) is 3.44. The lowest BCUT2D eigenvalue weighted by Gasteiger charge is -2.17. The zero-order valence-corrected chi connectivity index (χ0v) is 14.9. The number of likely N-dealkylation sites (tertiary alicyclic amines) is 1. The summed E-state index contributed by atoms with van der Waals surface area (Å²) < 4.78 is 0. The lowest BCUT2D eigenvalue weighted by atomic mass is 10.1. The number of fused-ring (bicyclic) bond motifs is 1. The van der Waals surface area contributed by atoms with Crippen molar-refractivity contribution in [3.8, 4) is 0 Å². The minimum Gasteiger partial charge on any atom is -0.391 e. The fourth-order valence-corrected chi connectivity index (χ4v) is 3.79. The second kappa shape index (κ2) is 7.38. The molecule has 0 aliphatic carbocycles. The Balaban J connectivity index is 1.41. The molecule has 7 nitrogen and oxygen atoms in total. The monoisotopic (exact) mass is 366 g/mol. The number of benzene rings is 2. The van der Waals surface area contributed by atoms with Gasteiger partial charge in [0.25, 0.3) is 5.69 Å². The fraction of sp³-hybridized carbons (Fsp3) is 0.300. The number of anilines is 1. The van der Waals surface area contributed by atoms with E-state index in [1.165, 1.54) is 17.0 Å². The predicted octanol–water partition coefficient (Wildman–Crippen LogP) is 3.25. The lowest BCUT2D eigenvalue weighted by Crippen LogP contribution is -2.26. The topological polar surface area (TPSA) is 94.4 Å². The molecule has 3 aromatic rings. The number of nitrogens with zero attached hydrogens (tertiary/aromatic N) is 2. The smallest absolute Gasteiger partial charge is 0.276 e. The zero-order valence-electron chi connectivity index (χ0n) is 14.9. The van der Waals surface area contributed by atoms with Gasteiger partial charge in [0.05, 0.1) is 17.1 Å². The van der Waals surface area contributed by atoms with Crippen LogP contribution in [0.1, 0.15) is 17.5 Å². The molecular formula is C20H22N4O3. The molecule has 0 bridgehead atoms. The Morgan fingerprint density at radius 3 is 2.93 bits per heavy atom. The van der Waals surface area contributed by atoms with Crippen molar-refractivity contribution in [1.29, 1.82) is 0 Å². The molecule has 0 radical (unpaired) electrons. The van der Waals surface area contributed by atoms with Crippen molar-refractivity contribution < 1.29 is 10.0 Å². The molecular weight excluding hydrogens is 344 g/mol. The normalized spacial score (nSPS) is 17.4. The van der Waals surface area contributed by atoms with E-state index in [4.69, 9.17) is 0 Å². The van der Waals surface area contributed by atoms with Crippen LogP contribution >= 0.6 is 0 Å². The van der Waals surface area contributed by atoms with Crippen LogP contribution in [0.2, 0.25) is 0 Å². The van der Waals surface area contributed by atoms with E-state index in [0.29, 0.717) is 5.56 Å². The highest BCUT2D eigenvalue weighted by Crippen LogP contribution is 2.26. The Kier molecular flexibility index (Phi) is 4.79. The number of aromatic amines is 1. The first-order valence-corrected chi connectivity index (χ1v) is 9.06. The molecule has 3 N–H and O–H groups in total. The van der Waals surface area contributed by atoms with E-state index in [9.17, 15) is 15.2 Å². The van der Waals surface area contributed by atoms with E-state index in [1.807, 2.05) is 6.07 Å². The summed E-state index contributed by atoms with van der Waals surface area (Å²) in [5.74, 6) is 0. The van der Waals surface area contributed by atoms with Crippen LogP contribution in [0, 0.1) is 10.1 Å². The number of H-pyrrole nitrogens is 1. The van der Waals surface area contributed by atoms with Crippen LogP contribution < -0.4 is 5.32 Å². The van der Waals surface area contributed by atoms with Crippen LogP contribution in [0.5, 0.6) is 0 Å². The highest BCUT2D eigenvalue weighted by atomic mass is 16.6. The number of aromatic nitrogens is 1. The van der Waals surface area contributed by atoms with Crippen LogP contribution in [0.15, 0.2) is 48.7 Å². The average Bonchev–Trinajstić information content (AvgIpc) is 3.29. The standard InChI is InChI=1S/C20H22N4O3/c25-13-14-5-6-16(9-20(14)24(26)27)22-17-7-8-23(12-17)11-15-10-21-19-4-2-1-3-18(15)19/h1-6,9-10,17,21-22,25H,7-8,11-13H2. The van der Waals surface area contributed by atoms with Crippen molar-refractivity contribution in [1.82, 2.24) is 9.88 Å². The van der Waals surface area contributed by atoms with Gasteiger partial charge in [0.1, 0.15) is 0 Å². The number of aliphatic hydroxyl groups is 1. The van der Waals surface area contributed by atoms with E-state index in [-0.39, 0.29) is 18.3 Å². The minimum absolute atomic E-state index is 0.0452. The predicted molar refractivity (Wildman–Crippen MR) is 105 cm³/mol. The summed E-state index contributed by atoms with van der Waals surface area (Å²) in [7, 11) is 0. The maximum atomic E-state index is 11.2. The maximum Gasteiger partial charge on any atom is 0.276 e. The summed E-state index contributed by atoms with van der Waals surface area (Å²) in [6.45, 7) is 2.41.